The Balaban J connectivity index is 2.59. The zero-order chi connectivity index (χ0) is 7.40. The molecule has 1 aromatic heterocycles. The minimum atomic E-state index is 1.07. The molecule has 2 heteroatoms. The average Bonchev–Trinajstić information content (AvgIpc) is 2.37. The summed E-state index contributed by atoms with van der Waals surface area (Å²) in [6.07, 6.45) is 3.42. The van der Waals surface area contributed by atoms with Gasteiger partial charge in [-0.1, -0.05) is 13.8 Å². The fraction of sp³-hybridized carbons (Fsp3) is 0.625. The van der Waals surface area contributed by atoms with Crippen LogP contribution in [0.4, 0.5) is 0 Å². The summed E-state index contributed by atoms with van der Waals surface area (Å²) in [5, 5.41) is 3.45. The second-order valence-electron chi connectivity index (χ2n) is 2.34. The fourth-order valence-corrected chi connectivity index (χ4v) is 1.82. The highest BCUT2D eigenvalue weighted by Crippen LogP contribution is 2.11. The van der Waals surface area contributed by atoms with Gasteiger partial charge in [0.25, 0.3) is 0 Å². The molecule has 0 atom stereocenters. The predicted molar refractivity (Wildman–Crippen MR) is 45.5 cm³/mol. The molecular formula is C8H13NS. The third-order valence-corrected chi connectivity index (χ3v) is 2.38. The molecule has 0 aliphatic heterocycles. The number of aromatic nitrogens is 1. The second kappa shape index (κ2) is 3.71. The first-order chi connectivity index (χ1) is 4.86. The Morgan fingerprint density at radius 3 is 2.80 bits per heavy atom. The summed E-state index contributed by atoms with van der Waals surface area (Å²) in [7, 11) is 0. The smallest absolute Gasteiger partial charge is 0.0928 e. The van der Waals surface area contributed by atoms with Gasteiger partial charge in [-0.3, -0.25) is 0 Å². The van der Waals surface area contributed by atoms with E-state index in [1.165, 1.54) is 17.1 Å². The molecule has 0 N–H and O–H groups in total. The number of hydrogen-bond donors (Lipinski definition) is 0. The number of rotatable bonds is 3. The van der Waals surface area contributed by atoms with E-state index in [2.05, 4.69) is 24.2 Å². The first-order valence-corrected chi connectivity index (χ1v) is 4.68. The van der Waals surface area contributed by atoms with E-state index >= 15 is 0 Å². The summed E-state index contributed by atoms with van der Waals surface area (Å²) in [6, 6.07) is 0. The lowest BCUT2D eigenvalue weighted by Gasteiger charge is -1.87. The molecule has 1 heterocycles. The lowest BCUT2D eigenvalue weighted by atomic mass is 10.3. The Morgan fingerprint density at radius 2 is 2.30 bits per heavy atom. The van der Waals surface area contributed by atoms with Crippen LogP contribution in [0.3, 0.4) is 0 Å². The van der Waals surface area contributed by atoms with Crippen molar-refractivity contribution in [3.8, 4) is 0 Å². The fourth-order valence-electron chi connectivity index (χ4n) is 0.840. The van der Waals surface area contributed by atoms with E-state index in [9.17, 15) is 0 Å². The highest BCUT2D eigenvalue weighted by Gasteiger charge is 1.97. The van der Waals surface area contributed by atoms with E-state index in [4.69, 9.17) is 0 Å². The van der Waals surface area contributed by atoms with Crippen LogP contribution in [0.1, 0.15) is 31.0 Å². The van der Waals surface area contributed by atoms with Gasteiger partial charge in [-0.05, 0) is 19.3 Å². The van der Waals surface area contributed by atoms with E-state index in [0.717, 1.165) is 12.8 Å². The predicted octanol–water partition coefficient (Wildman–Crippen LogP) is 2.66. The topological polar surface area (TPSA) is 12.9 Å². The van der Waals surface area contributed by atoms with Gasteiger partial charge in [-0.15, -0.1) is 11.3 Å². The highest BCUT2D eigenvalue weighted by atomic mass is 32.1. The molecule has 0 spiro atoms. The van der Waals surface area contributed by atoms with Gasteiger partial charge >= 0.3 is 0 Å². The highest BCUT2D eigenvalue weighted by molar-refractivity contribution is 7.09. The van der Waals surface area contributed by atoms with Gasteiger partial charge in [0.15, 0.2) is 0 Å². The number of aryl methyl sites for hydroxylation is 2. The molecule has 1 aromatic rings. The van der Waals surface area contributed by atoms with Crippen LogP contribution in [0.25, 0.3) is 0 Å². The quantitative estimate of drug-likeness (QED) is 0.654. The van der Waals surface area contributed by atoms with Gasteiger partial charge in [-0.2, -0.15) is 0 Å². The zero-order valence-electron chi connectivity index (χ0n) is 6.55. The normalized spacial score (nSPS) is 10.2. The molecule has 0 amide bonds. The molecule has 0 bridgehead atoms. The number of hydrogen-bond acceptors (Lipinski definition) is 2. The van der Waals surface area contributed by atoms with Crippen molar-refractivity contribution in [2.75, 3.05) is 0 Å². The van der Waals surface area contributed by atoms with Crippen LogP contribution in [0.5, 0.6) is 0 Å². The zero-order valence-corrected chi connectivity index (χ0v) is 7.37. The monoisotopic (exact) mass is 155 g/mol. The van der Waals surface area contributed by atoms with Gasteiger partial charge in [0, 0.05) is 5.38 Å². The molecule has 56 valence electrons. The summed E-state index contributed by atoms with van der Waals surface area (Å²) < 4.78 is 0. The van der Waals surface area contributed by atoms with Gasteiger partial charge in [0.1, 0.15) is 0 Å². The minimum absolute atomic E-state index is 1.07. The van der Waals surface area contributed by atoms with Crippen LogP contribution in [0, 0.1) is 0 Å². The van der Waals surface area contributed by atoms with Crippen molar-refractivity contribution >= 4 is 11.3 Å². The van der Waals surface area contributed by atoms with Crippen molar-refractivity contribution < 1.29 is 0 Å². The van der Waals surface area contributed by atoms with Crippen molar-refractivity contribution in [3.05, 3.63) is 16.1 Å². The summed E-state index contributed by atoms with van der Waals surface area (Å²) in [5.41, 5.74) is 1.24. The SMILES string of the molecule is CCCc1nc(CC)cs1. The van der Waals surface area contributed by atoms with E-state index in [1.54, 1.807) is 11.3 Å². The van der Waals surface area contributed by atoms with Crippen LogP contribution >= 0.6 is 11.3 Å². The molecule has 0 radical (unpaired) electrons. The molecule has 1 nitrogen and oxygen atoms in total. The van der Waals surface area contributed by atoms with E-state index in [1.807, 2.05) is 0 Å². The Kier molecular flexibility index (Phi) is 2.87. The largest absolute Gasteiger partial charge is 0.246 e. The van der Waals surface area contributed by atoms with Gasteiger partial charge in [0.05, 0.1) is 10.7 Å². The Hall–Kier alpha value is -0.370. The van der Waals surface area contributed by atoms with E-state index < -0.39 is 0 Å². The molecular weight excluding hydrogens is 142 g/mol. The first-order valence-electron chi connectivity index (χ1n) is 3.80. The molecule has 0 unspecified atom stereocenters. The Labute approximate surface area is 66.1 Å². The number of thiazole rings is 1. The van der Waals surface area contributed by atoms with Crippen LogP contribution in [0.2, 0.25) is 0 Å². The van der Waals surface area contributed by atoms with Crippen LogP contribution in [0.15, 0.2) is 5.38 Å². The second-order valence-corrected chi connectivity index (χ2v) is 3.28. The van der Waals surface area contributed by atoms with Gasteiger partial charge in [-0.25, -0.2) is 4.98 Å². The van der Waals surface area contributed by atoms with E-state index in [0.29, 0.717) is 0 Å². The number of nitrogens with zero attached hydrogens (tertiary/aromatic N) is 1. The maximum atomic E-state index is 4.44. The average molecular weight is 155 g/mol. The molecule has 0 aliphatic carbocycles. The minimum Gasteiger partial charge on any atom is -0.246 e. The summed E-state index contributed by atoms with van der Waals surface area (Å²) in [5.74, 6) is 0. The molecule has 0 saturated heterocycles. The summed E-state index contributed by atoms with van der Waals surface area (Å²) in [4.78, 5) is 4.44. The van der Waals surface area contributed by atoms with Crippen molar-refractivity contribution in [1.82, 2.24) is 4.98 Å². The molecule has 0 fully saturated rings. The molecule has 0 saturated carbocycles. The first kappa shape index (κ1) is 7.73. The maximum Gasteiger partial charge on any atom is 0.0928 e. The third-order valence-electron chi connectivity index (χ3n) is 1.43. The Morgan fingerprint density at radius 1 is 1.50 bits per heavy atom. The van der Waals surface area contributed by atoms with Crippen LogP contribution in [-0.4, -0.2) is 4.98 Å². The van der Waals surface area contributed by atoms with Crippen molar-refractivity contribution in [3.63, 3.8) is 0 Å². The third kappa shape index (κ3) is 1.81. The lowest BCUT2D eigenvalue weighted by Crippen LogP contribution is -1.83. The van der Waals surface area contributed by atoms with E-state index in [-0.39, 0.29) is 0 Å². The Bertz CT molecular complexity index is 193. The summed E-state index contributed by atoms with van der Waals surface area (Å²) >= 11 is 1.79. The van der Waals surface area contributed by atoms with Crippen LogP contribution in [-0.2, 0) is 12.8 Å². The molecule has 0 aromatic carbocycles. The van der Waals surface area contributed by atoms with Gasteiger partial charge in [0.2, 0.25) is 0 Å². The maximum absolute atomic E-state index is 4.44. The standard InChI is InChI=1S/C8H13NS/c1-3-5-8-9-7(4-2)6-10-8/h6H,3-5H2,1-2H3. The van der Waals surface area contributed by atoms with Crippen LogP contribution < -0.4 is 0 Å². The molecule has 1 rings (SSSR count). The van der Waals surface area contributed by atoms with Crippen molar-refractivity contribution in [1.29, 1.82) is 0 Å². The van der Waals surface area contributed by atoms with Crippen molar-refractivity contribution in [2.24, 2.45) is 0 Å². The summed E-state index contributed by atoms with van der Waals surface area (Å²) in [6.45, 7) is 4.33. The van der Waals surface area contributed by atoms with Crippen molar-refractivity contribution in [2.45, 2.75) is 33.1 Å². The van der Waals surface area contributed by atoms with Gasteiger partial charge < -0.3 is 0 Å². The molecule has 10 heavy (non-hydrogen) atoms. The lowest BCUT2D eigenvalue weighted by molar-refractivity contribution is 0.893. The molecule has 0 aliphatic rings.